The van der Waals surface area contributed by atoms with Gasteiger partial charge in [0.25, 0.3) is 5.91 Å². The van der Waals surface area contributed by atoms with Crippen molar-refractivity contribution in [3.63, 3.8) is 0 Å². The van der Waals surface area contributed by atoms with Crippen LogP contribution in [-0.4, -0.2) is 64.3 Å². The van der Waals surface area contributed by atoms with Crippen LogP contribution < -0.4 is 9.47 Å². The Bertz CT molecular complexity index is 742. The predicted octanol–water partition coefficient (Wildman–Crippen LogP) is 1.72. The van der Waals surface area contributed by atoms with Gasteiger partial charge in [-0.25, -0.2) is 15.0 Å². The normalized spacial score (nSPS) is 20.4. The summed E-state index contributed by atoms with van der Waals surface area (Å²) in [5.41, 5.74) is 0.566. The molecule has 2 aromatic rings. The number of hydrogen-bond acceptors (Lipinski definition) is 7. The molecule has 0 bridgehead atoms. The van der Waals surface area contributed by atoms with Crippen molar-refractivity contribution < 1.29 is 19.0 Å². The standard InChI is InChI=1S/C19H22N4O4/c24-18(14-2-3-17(22-12-14)26-16-6-11-25-13-16)23-9-4-15(5-10-23)27-19-20-7-1-8-21-19/h1-3,7-8,12,15-16H,4-6,9-11,13H2/t16-/m0/s1. The molecule has 2 aromatic heterocycles. The number of amides is 1. The molecule has 0 radical (unpaired) electrons. The zero-order valence-electron chi connectivity index (χ0n) is 15.0. The molecule has 0 aromatic carbocycles. The summed E-state index contributed by atoms with van der Waals surface area (Å²) in [5, 5.41) is 0. The molecule has 2 aliphatic rings. The van der Waals surface area contributed by atoms with E-state index in [9.17, 15) is 4.79 Å². The van der Waals surface area contributed by atoms with Gasteiger partial charge in [0.05, 0.1) is 18.8 Å². The van der Waals surface area contributed by atoms with E-state index < -0.39 is 0 Å². The summed E-state index contributed by atoms with van der Waals surface area (Å²) in [6.45, 7) is 2.58. The van der Waals surface area contributed by atoms with Crippen LogP contribution in [0.2, 0.25) is 0 Å². The van der Waals surface area contributed by atoms with Crippen LogP contribution in [-0.2, 0) is 4.74 Å². The highest BCUT2D eigenvalue weighted by Crippen LogP contribution is 2.19. The lowest BCUT2D eigenvalue weighted by Gasteiger charge is -2.31. The summed E-state index contributed by atoms with van der Waals surface area (Å²) in [7, 11) is 0. The minimum atomic E-state index is -0.0207. The number of nitrogens with zero attached hydrogens (tertiary/aromatic N) is 4. The first-order valence-corrected chi connectivity index (χ1v) is 9.21. The van der Waals surface area contributed by atoms with Crippen molar-refractivity contribution in [1.29, 1.82) is 0 Å². The lowest BCUT2D eigenvalue weighted by atomic mass is 10.1. The number of carbonyl (C=O) groups is 1. The summed E-state index contributed by atoms with van der Waals surface area (Å²) in [6.07, 6.45) is 7.33. The van der Waals surface area contributed by atoms with E-state index in [-0.39, 0.29) is 18.1 Å². The molecular weight excluding hydrogens is 348 g/mol. The predicted molar refractivity (Wildman–Crippen MR) is 95.7 cm³/mol. The minimum Gasteiger partial charge on any atom is -0.472 e. The first kappa shape index (κ1) is 17.7. The van der Waals surface area contributed by atoms with Gasteiger partial charge in [0, 0.05) is 57.0 Å². The van der Waals surface area contributed by atoms with Crippen LogP contribution in [0, 0.1) is 0 Å². The van der Waals surface area contributed by atoms with Crippen molar-refractivity contribution in [2.75, 3.05) is 26.3 Å². The molecule has 8 nitrogen and oxygen atoms in total. The molecule has 8 heteroatoms. The van der Waals surface area contributed by atoms with Crippen LogP contribution in [0.3, 0.4) is 0 Å². The molecule has 0 unspecified atom stereocenters. The number of ether oxygens (including phenoxy) is 3. The van der Waals surface area contributed by atoms with Gasteiger partial charge in [-0.05, 0) is 12.1 Å². The zero-order valence-corrected chi connectivity index (χ0v) is 15.0. The molecule has 0 N–H and O–H groups in total. The molecule has 2 saturated heterocycles. The summed E-state index contributed by atoms with van der Waals surface area (Å²) >= 11 is 0. The molecule has 1 atom stereocenters. The maximum atomic E-state index is 12.7. The monoisotopic (exact) mass is 370 g/mol. The Balaban J connectivity index is 1.28. The molecule has 4 rings (SSSR count). The lowest BCUT2D eigenvalue weighted by Crippen LogP contribution is -2.42. The maximum Gasteiger partial charge on any atom is 0.316 e. The van der Waals surface area contributed by atoms with Crippen molar-refractivity contribution in [2.24, 2.45) is 0 Å². The number of rotatable bonds is 5. The van der Waals surface area contributed by atoms with Crippen molar-refractivity contribution in [2.45, 2.75) is 31.5 Å². The van der Waals surface area contributed by atoms with Crippen LogP contribution in [0.4, 0.5) is 0 Å². The van der Waals surface area contributed by atoms with Gasteiger partial charge in [-0.1, -0.05) is 0 Å². The largest absolute Gasteiger partial charge is 0.472 e. The number of hydrogen-bond donors (Lipinski definition) is 0. The van der Waals surface area contributed by atoms with Gasteiger partial charge < -0.3 is 19.1 Å². The molecule has 2 fully saturated rings. The van der Waals surface area contributed by atoms with Crippen molar-refractivity contribution in [1.82, 2.24) is 19.9 Å². The van der Waals surface area contributed by atoms with Gasteiger partial charge in [-0.15, -0.1) is 0 Å². The van der Waals surface area contributed by atoms with Crippen molar-refractivity contribution in [3.05, 3.63) is 42.4 Å². The SMILES string of the molecule is O=C(c1ccc(O[C@H]2CCOC2)nc1)N1CCC(Oc2ncccn2)CC1. The molecule has 0 aliphatic carbocycles. The Kier molecular flexibility index (Phi) is 5.43. The summed E-state index contributed by atoms with van der Waals surface area (Å²) in [6, 6.07) is 5.64. The maximum absolute atomic E-state index is 12.7. The minimum absolute atomic E-state index is 0.0207. The number of carbonyl (C=O) groups excluding carboxylic acids is 1. The Labute approximate surface area is 157 Å². The van der Waals surface area contributed by atoms with Gasteiger partial charge in [-0.3, -0.25) is 4.79 Å². The van der Waals surface area contributed by atoms with Gasteiger partial charge >= 0.3 is 6.01 Å². The molecule has 0 spiro atoms. The summed E-state index contributed by atoms with van der Waals surface area (Å²) < 4.78 is 16.8. The van der Waals surface area contributed by atoms with Crippen LogP contribution in [0.5, 0.6) is 11.9 Å². The fourth-order valence-electron chi connectivity index (χ4n) is 3.21. The molecule has 4 heterocycles. The quantitative estimate of drug-likeness (QED) is 0.792. The molecule has 27 heavy (non-hydrogen) atoms. The van der Waals surface area contributed by atoms with Crippen molar-refractivity contribution in [3.8, 4) is 11.9 Å². The van der Waals surface area contributed by atoms with Gasteiger partial charge in [0.15, 0.2) is 0 Å². The van der Waals surface area contributed by atoms with Crippen molar-refractivity contribution >= 4 is 5.91 Å². The van der Waals surface area contributed by atoms with Crippen LogP contribution in [0.15, 0.2) is 36.8 Å². The number of likely N-dealkylation sites (tertiary alicyclic amines) is 1. The Morgan fingerprint density at radius 1 is 1.04 bits per heavy atom. The highest BCUT2D eigenvalue weighted by Gasteiger charge is 2.25. The average molecular weight is 370 g/mol. The topological polar surface area (TPSA) is 86.7 Å². The summed E-state index contributed by atoms with van der Waals surface area (Å²) in [5.74, 6) is 0.504. The average Bonchev–Trinajstić information content (AvgIpc) is 3.22. The smallest absolute Gasteiger partial charge is 0.316 e. The first-order valence-electron chi connectivity index (χ1n) is 9.21. The second kappa shape index (κ2) is 8.30. The zero-order chi connectivity index (χ0) is 18.5. The second-order valence-corrected chi connectivity index (χ2v) is 6.63. The Hall–Kier alpha value is -2.74. The van der Waals surface area contributed by atoms with Gasteiger partial charge in [0.1, 0.15) is 12.2 Å². The molecule has 0 saturated carbocycles. The van der Waals surface area contributed by atoms with E-state index in [1.54, 1.807) is 36.8 Å². The van der Waals surface area contributed by atoms with E-state index in [2.05, 4.69) is 15.0 Å². The Morgan fingerprint density at radius 3 is 2.52 bits per heavy atom. The van der Waals surface area contributed by atoms with E-state index in [1.165, 1.54) is 0 Å². The van der Waals surface area contributed by atoms with Crippen LogP contribution in [0.25, 0.3) is 0 Å². The van der Waals surface area contributed by atoms with Crippen LogP contribution in [0.1, 0.15) is 29.6 Å². The van der Waals surface area contributed by atoms with Gasteiger partial charge in [-0.2, -0.15) is 0 Å². The third-order valence-electron chi connectivity index (χ3n) is 4.70. The fourth-order valence-corrected chi connectivity index (χ4v) is 3.21. The molecule has 1 amide bonds. The molecule has 2 aliphatic heterocycles. The van der Waals surface area contributed by atoms with E-state index in [4.69, 9.17) is 14.2 Å². The van der Waals surface area contributed by atoms with E-state index in [1.807, 2.05) is 4.90 Å². The third kappa shape index (κ3) is 4.51. The molecule has 142 valence electrons. The van der Waals surface area contributed by atoms with E-state index in [0.717, 1.165) is 25.9 Å². The summed E-state index contributed by atoms with van der Waals surface area (Å²) in [4.78, 5) is 26.9. The second-order valence-electron chi connectivity index (χ2n) is 6.63. The first-order chi connectivity index (χ1) is 13.3. The third-order valence-corrected chi connectivity index (χ3v) is 4.70. The van der Waals surface area contributed by atoms with Gasteiger partial charge in [0.2, 0.25) is 5.88 Å². The number of pyridine rings is 1. The highest BCUT2D eigenvalue weighted by atomic mass is 16.5. The fraction of sp³-hybridized carbons (Fsp3) is 0.474. The Morgan fingerprint density at radius 2 is 1.85 bits per heavy atom. The van der Waals surface area contributed by atoms with E-state index in [0.29, 0.717) is 37.2 Å². The lowest BCUT2D eigenvalue weighted by molar-refractivity contribution is 0.0578. The number of piperidine rings is 1. The highest BCUT2D eigenvalue weighted by molar-refractivity contribution is 5.94. The molecular formula is C19H22N4O4. The van der Waals surface area contributed by atoms with E-state index >= 15 is 0 Å². The number of aromatic nitrogens is 3. The van der Waals surface area contributed by atoms with Crippen LogP contribution >= 0.6 is 0 Å².